The van der Waals surface area contributed by atoms with Crippen molar-refractivity contribution in [2.75, 3.05) is 6.61 Å². The van der Waals surface area contributed by atoms with Crippen molar-refractivity contribution in [3.8, 4) is 0 Å². The lowest BCUT2D eigenvalue weighted by molar-refractivity contribution is -0.234. The molecule has 4 aliphatic carbocycles. The van der Waals surface area contributed by atoms with Gasteiger partial charge in [-0.1, -0.05) is 104 Å². The maximum Gasteiger partial charge on any atom is 0.306 e. The molecule has 0 unspecified atom stereocenters. The van der Waals surface area contributed by atoms with Gasteiger partial charge in [0.05, 0.1) is 12.5 Å². The summed E-state index contributed by atoms with van der Waals surface area (Å²) in [5.41, 5.74) is -4.51. The van der Waals surface area contributed by atoms with Crippen LogP contribution in [0.25, 0.3) is 0 Å². The van der Waals surface area contributed by atoms with Crippen LogP contribution in [-0.2, 0) is 23.9 Å². The van der Waals surface area contributed by atoms with E-state index in [9.17, 15) is 29.7 Å². The highest BCUT2D eigenvalue weighted by molar-refractivity contribution is 6.05. The van der Waals surface area contributed by atoms with Crippen molar-refractivity contribution in [2.45, 2.75) is 148 Å². The first-order valence-corrected chi connectivity index (χ1v) is 17.1. The maximum atomic E-state index is 13.7. The Labute approximate surface area is 263 Å². The van der Waals surface area contributed by atoms with Gasteiger partial charge in [0.2, 0.25) is 0 Å². The van der Waals surface area contributed by atoms with E-state index in [1.54, 1.807) is 19.9 Å². The van der Waals surface area contributed by atoms with E-state index < -0.39 is 69.7 Å². The van der Waals surface area contributed by atoms with Gasteiger partial charge in [-0.3, -0.25) is 14.4 Å². The molecule has 0 bridgehead atoms. The predicted octanol–water partition coefficient (Wildman–Crippen LogP) is 5.75. The van der Waals surface area contributed by atoms with Crippen LogP contribution < -0.4 is 0 Å². The van der Waals surface area contributed by atoms with Crippen LogP contribution in [0.3, 0.4) is 0 Å². The minimum absolute atomic E-state index is 0.105. The number of hydrogen-bond donors (Lipinski definition) is 3. The van der Waals surface area contributed by atoms with Crippen molar-refractivity contribution in [3.05, 3.63) is 23.3 Å². The molecule has 0 spiro atoms. The quantitative estimate of drug-likeness (QED) is 0.120. The van der Waals surface area contributed by atoms with Crippen molar-refractivity contribution in [1.29, 1.82) is 0 Å². The van der Waals surface area contributed by atoms with Gasteiger partial charge in [0, 0.05) is 42.9 Å². The second kappa shape index (κ2) is 13.4. The number of aliphatic hydroxyl groups is 3. The van der Waals surface area contributed by atoms with Gasteiger partial charge in [0.15, 0.2) is 5.78 Å². The summed E-state index contributed by atoms with van der Waals surface area (Å²) in [7, 11) is 0. The number of Topliss-reactive ketones (excluding diaryl/α,β-unsaturated/α-hetero) is 1. The lowest BCUT2D eigenvalue weighted by Gasteiger charge is -2.54. The first kappa shape index (κ1) is 34.8. The number of carbonyl (C=O) groups excluding carboxylic acids is 3. The number of ketones is 1. The molecule has 0 aromatic rings. The summed E-state index contributed by atoms with van der Waals surface area (Å²) >= 11 is 0. The Balaban J connectivity index is 1.56. The molecule has 0 amide bonds. The van der Waals surface area contributed by atoms with E-state index in [0.717, 1.165) is 19.3 Å². The third-order valence-corrected chi connectivity index (χ3v) is 11.5. The van der Waals surface area contributed by atoms with Gasteiger partial charge < -0.3 is 24.8 Å². The number of carbonyl (C=O) groups is 3. The van der Waals surface area contributed by atoms with Crippen molar-refractivity contribution in [2.24, 2.45) is 29.1 Å². The number of esters is 2. The molecule has 2 saturated carbocycles. The molecule has 4 rings (SSSR count). The molecule has 0 heterocycles. The zero-order valence-corrected chi connectivity index (χ0v) is 27.8. The Hall–Kier alpha value is -2.03. The smallest absolute Gasteiger partial charge is 0.306 e. The monoisotopic (exact) mass is 616 g/mol. The second-order valence-electron chi connectivity index (χ2n) is 14.7. The molecule has 0 radical (unpaired) electrons. The largest absolute Gasteiger partial charge is 0.457 e. The van der Waals surface area contributed by atoms with Gasteiger partial charge in [-0.05, 0) is 24.5 Å². The summed E-state index contributed by atoms with van der Waals surface area (Å²) in [5.74, 6) is -4.23. The first-order valence-electron chi connectivity index (χ1n) is 17.1. The topological polar surface area (TPSA) is 130 Å². The molecule has 8 nitrogen and oxygen atoms in total. The maximum absolute atomic E-state index is 13.7. The molecular weight excluding hydrogens is 560 g/mol. The molecule has 8 heteroatoms. The molecular formula is C36H56O8. The third kappa shape index (κ3) is 5.72. The van der Waals surface area contributed by atoms with Crippen molar-refractivity contribution in [1.82, 2.24) is 0 Å². The normalized spacial score (nSPS) is 36.8. The third-order valence-electron chi connectivity index (χ3n) is 11.5. The summed E-state index contributed by atoms with van der Waals surface area (Å²) in [6.45, 7) is 10.4. The standard InChI is InChI=1S/C36H56O8/c1-7-8-9-10-11-12-13-14-15-16-17-18-29(39)44-35-24(3)32(41)36(43-25(4)38)30(33(36,5)6)27(35)20-26(22-37)21-34(42)28(35)19-23(2)31(34)40/h19-20,24,27-28,30,32,37,41-42H,7-18,21-22H2,1-6H3/t24-,27+,28-,30-,32-,34-,35-,36-/m1/s1. The summed E-state index contributed by atoms with van der Waals surface area (Å²) in [6.07, 6.45) is 15.1. The second-order valence-corrected chi connectivity index (χ2v) is 14.7. The fraction of sp³-hybridized carbons (Fsp3) is 0.806. The van der Waals surface area contributed by atoms with Gasteiger partial charge in [-0.15, -0.1) is 0 Å². The van der Waals surface area contributed by atoms with E-state index >= 15 is 0 Å². The fourth-order valence-corrected chi connectivity index (χ4v) is 9.28. The Morgan fingerprint density at radius 2 is 1.52 bits per heavy atom. The molecule has 2 fully saturated rings. The van der Waals surface area contributed by atoms with Crippen LogP contribution in [0, 0.1) is 29.1 Å². The molecule has 0 aromatic heterocycles. The van der Waals surface area contributed by atoms with Crippen LogP contribution >= 0.6 is 0 Å². The summed E-state index contributed by atoms with van der Waals surface area (Å²) in [6, 6.07) is 0. The van der Waals surface area contributed by atoms with Crippen molar-refractivity contribution < 1.29 is 39.2 Å². The van der Waals surface area contributed by atoms with Crippen LogP contribution in [0.15, 0.2) is 23.3 Å². The number of aliphatic hydroxyl groups excluding tert-OH is 2. The highest BCUT2D eigenvalue weighted by Gasteiger charge is 2.87. The lowest BCUT2D eigenvalue weighted by atomic mass is 9.58. The zero-order chi connectivity index (χ0) is 32.5. The molecule has 44 heavy (non-hydrogen) atoms. The van der Waals surface area contributed by atoms with Crippen LogP contribution in [0.4, 0.5) is 0 Å². The van der Waals surface area contributed by atoms with Crippen LogP contribution in [0.1, 0.15) is 125 Å². The minimum Gasteiger partial charge on any atom is -0.457 e. The molecule has 0 aliphatic heterocycles. The average molecular weight is 617 g/mol. The van der Waals surface area contributed by atoms with Gasteiger partial charge in [-0.2, -0.15) is 0 Å². The lowest BCUT2D eigenvalue weighted by Crippen LogP contribution is -2.67. The molecule has 0 saturated heterocycles. The fourth-order valence-electron chi connectivity index (χ4n) is 9.28. The van der Waals surface area contributed by atoms with E-state index in [0.29, 0.717) is 17.6 Å². The highest BCUT2D eigenvalue weighted by Crippen LogP contribution is 2.77. The van der Waals surface area contributed by atoms with Crippen molar-refractivity contribution >= 4 is 17.7 Å². The summed E-state index contributed by atoms with van der Waals surface area (Å²) in [5, 5.41) is 34.3. The van der Waals surface area contributed by atoms with Crippen LogP contribution in [0.5, 0.6) is 0 Å². The molecule has 8 atom stereocenters. The average Bonchev–Trinajstić information content (AvgIpc) is 3.40. The Morgan fingerprint density at radius 1 is 0.955 bits per heavy atom. The van der Waals surface area contributed by atoms with Crippen LogP contribution in [0.2, 0.25) is 0 Å². The molecule has 248 valence electrons. The Morgan fingerprint density at radius 3 is 2.07 bits per heavy atom. The van der Waals surface area contributed by atoms with Crippen LogP contribution in [-0.4, -0.2) is 62.6 Å². The van der Waals surface area contributed by atoms with Gasteiger partial charge in [0.25, 0.3) is 0 Å². The first-order chi connectivity index (χ1) is 20.7. The molecule has 0 aromatic carbocycles. The van der Waals surface area contributed by atoms with Gasteiger partial charge in [-0.25, -0.2) is 0 Å². The number of hydrogen-bond acceptors (Lipinski definition) is 8. The number of fused-ring (bicyclic) bond motifs is 5. The van der Waals surface area contributed by atoms with E-state index in [1.807, 2.05) is 19.9 Å². The van der Waals surface area contributed by atoms with Gasteiger partial charge in [0.1, 0.15) is 22.9 Å². The summed E-state index contributed by atoms with van der Waals surface area (Å²) < 4.78 is 12.4. The van der Waals surface area contributed by atoms with E-state index in [1.165, 1.54) is 51.9 Å². The Kier molecular flexibility index (Phi) is 10.6. The molecule has 4 aliphatic rings. The SMILES string of the molecule is CCCCCCCCCCCCCC(=O)O[C@]12[C@H](C)[C@@H](O)[C@]3(OC(C)=O)[C@H]([C@@H]1C=C(CO)C[C@]1(O)C(=O)C(C)=C[C@@H]21)C3(C)C. The van der Waals surface area contributed by atoms with Crippen molar-refractivity contribution in [3.63, 3.8) is 0 Å². The van der Waals surface area contributed by atoms with E-state index in [4.69, 9.17) is 9.47 Å². The molecule has 3 N–H and O–H groups in total. The number of unbranched alkanes of at least 4 members (excludes halogenated alkanes) is 10. The zero-order valence-electron chi connectivity index (χ0n) is 27.8. The highest BCUT2D eigenvalue weighted by atomic mass is 16.6. The van der Waals surface area contributed by atoms with E-state index in [2.05, 4.69) is 6.92 Å². The predicted molar refractivity (Wildman–Crippen MR) is 167 cm³/mol. The van der Waals surface area contributed by atoms with E-state index in [-0.39, 0.29) is 19.4 Å². The minimum atomic E-state index is -1.93. The Bertz CT molecular complexity index is 1150. The summed E-state index contributed by atoms with van der Waals surface area (Å²) in [4.78, 5) is 39.5. The number of ether oxygens (including phenoxy) is 2. The number of rotatable bonds is 15. The van der Waals surface area contributed by atoms with Gasteiger partial charge >= 0.3 is 11.9 Å².